The van der Waals surface area contributed by atoms with Gasteiger partial charge in [0.1, 0.15) is 0 Å². The third-order valence-electron chi connectivity index (χ3n) is 0.864. The van der Waals surface area contributed by atoms with Crippen molar-refractivity contribution in [3.05, 3.63) is 0 Å². The summed E-state index contributed by atoms with van der Waals surface area (Å²) in [6, 6.07) is 0. The summed E-state index contributed by atoms with van der Waals surface area (Å²) in [5.41, 5.74) is 0. The van der Waals surface area contributed by atoms with E-state index in [1.165, 1.54) is 6.21 Å². The van der Waals surface area contributed by atoms with Crippen LogP contribution in [0.2, 0.25) is 0 Å². The molecule has 1 heterocycles. The maximum atomic E-state index is 10.6. The molecular weight excluding hydrogens is 157 g/mol. The molecule has 0 spiro atoms. The Morgan fingerprint density at radius 2 is 2.70 bits per heavy atom. The summed E-state index contributed by atoms with van der Waals surface area (Å²) in [7, 11) is -3.42. The van der Waals surface area contributed by atoms with Crippen LogP contribution in [0.3, 0.4) is 0 Å². The van der Waals surface area contributed by atoms with Gasteiger partial charge in [-0.05, 0) is 0 Å². The molecule has 0 saturated heterocycles. The maximum Gasteiger partial charge on any atom is 0.328 e. The van der Waals surface area contributed by atoms with Gasteiger partial charge in [-0.25, -0.2) is 0 Å². The lowest BCUT2D eigenvalue weighted by molar-refractivity contribution is -0.0613. The Kier molecular flexibility index (Phi) is 2.08. The van der Waals surface area contributed by atoms with Gasteiger partial charge in [0.25, 0.3) is 0 Å². The molecular formula is C4H8NO4P. The fraction of sp³-hybridized carbons (Fsp3) is 0.750. The molecule has 0 aromatic rings. The minimum absolute atomic E-state index is 0.429. The molecule has 1 N–H and O–H groups in total. The second-order valence-corrected chi connectivity index (χ2v) is 3.78. The lowest BCUT2D eigenvalue weighted by Gasteiger charge is -2.10. The number of hydrogen-bond acceptors (Lipinski definition) is 4. The molecule has 0 amide bonds. The molecule has 5 nitrogen and oxygen atoms in total. The van der Waals surface area contributed by atoms with Crippen molar-refractivity contribution in [1.29, 1.82) is 0 Å². The van der Waals surface area contributed by atoms with E-state index in [9.17, 15) is 4.57 Å². The fourth-order valence-electron chi connectivity index (χ4n) is 0.563. The molecule has 0 aromatic carbocycles. The van der Waals surface area contributed by atoms with Crippen molar-refractivity contribution in [2.24, 2.45) is 5.16 Å². The van der Waals surface area contributed by atoms with Crippen molar-refractivity contribution in [3.63, 3.8) is 0 Å². The van der Waals surface area contributed by atoms with Crippen LogP contribution in [0.1, 0.15) is 6.42 Å². The Bertz CT molecular complexity index is 178. The maximum absolute atomic E-state index is 10.6. The highest BCUT2D eigenvalue weighted by molar-refractivity contribution is 7.51. The summed E-state index contributed by atoms with van der Waals surface area (Å²) in [6.07, 6.45) is 1.24. The van der Waals surface area contributed by atoms with E-state index < -0.39 is 13.9 Å². The lowest BCUT2D eigenvalue weighted by Crippen LogP contribution is -2.08. The van der Waals surface area contributed by atoms with Crippen molar-refractivity contribution in [2.75, 3.05) is 6.66 Å². The summed E-state index contributed by atoms with van der Waals surface area (Å²) in [4.78, 5) is 13.2. The van der Waals surface area contributed by atoms with Crippen LogP contribution in [0, 0.1) is 0 Å². The second-order valence-electron chi connectivity index (χ2n) is 1.97. The topological polar surface area (TPSA) is 68.1 Å². The first-order valence-electron chi connectivity index (χ1n) is 2.74. The van der Waals surface area contributed by atoms with E-state index in [1.807, 2.05) is 0 Å². The van der Waals surface area contributed by atoms with Crippen molar-refractivity contribution < 1.29 is 18.8 Å². The minimum Gasteiger partial charge on any atom is -0.363 e. The predicted octanol–water partition coefficient (Wildman–Crippen LogP) is 0.550. The summed E-state index contributed by atoms with van der Waals surface area (Å²) in [5.74, 6) is 0. The Hall–Kier alpha value is -0.380. The summed E-state index contributed by atoms with van der Waals surface area (Å²) >= 11 is 0. The van der Waals surface area contributed by atoms with E-state index in [0.717, 1.165) is 6.66 Å². The van der Waals surface area contributed by atoms with Crippen LogP contribution in [0.4, 0.5) is 0 Å². The Balaban J connectivity index is 2.33. The van der Waals surface area contributed by atoms with Crippen molar-refractivity contribution in [3.8, 4) is 0 Å². The molecule has 6 heteroatoms. The average molecular weight is 165 g/mol. The lowest BCUT2D eigenvalue weighted by atomic mass is 10.5. The van der Waals surface area contributed by atoms with Crippen LogP contribution < -0.4 is 0 Å². The zero-order valence-electron chi connectivity index (χ0n) is 5.43. The monoisotopic (exact) mass is 165 g/mol. The molecule has 0 radical (unpaired) electrons. The van der Waals surface area contributed by atoms with E-state index in [-0.39, 0.29) is 0 Å². The predicted molar refractivity (Wildman–Crippen MR) is 34.8 cm³/mol. The van der Waals surface area contributed by atoms with Crippen LogP contribution in [-0.2, 0) is 13.9 Å². The highest BCUT2D eigenvalue weighted by Crippen LogP contribution is 2.39. The van der Waals surface area contributed by atoms with Gasteiger partial charge < -0.3 is 9.73 Å². The molecule has 2 unspecified atom stereocenters. The normalized spacial score (nSPS) is 29.6. The fourth-order valence-corrected chi connectivity index (χ4v) is 1.12. The third-order valence-corrected chi connectivity index (χ3v) is 1.49. The van der Waals surface area contributed by atoms with E-state index in [0.29, 0.717) is 6.42 Å². The van der Waals surface area contributed by atoms with Crippen LogP contribution in [0.5, 0.6) is 0 Å². The minimum atomic E-state index is -3.42. The van der Waals surface area contributed by atoms with Crippen LogP contribution in [0.15, 0.2) is 5.16 Å². The van der Waals surface area contributed by atoms with Crippen LogP contribution >= 0.6 is 7.60 Å². The van der Waals surface area contributed by atoms with Crippen molar-refractivity contribution in [1.82, 2.24) is 0 Å². The number of oxime groups is 1. The molecule has 58 valence electrons. The average Bonchev–Trinajstić information content (AvgIpc) is 2.12. The molecule has 1 rings (SSSR count). The molecule has 1 aliphatic heterocycles. The van der Waals surface area contributed by atoms with Gasteiger partial charge in [-0.15, -0.1) is 0 Å². The second kappa shape index (κ2) is 2.70. The summed E-state index contributed by atoms with van der Waals surface area (Å²) in [5, 5.41) is 3.37. The van der Waals surface area contributed by atoms with E-state index in [2.05, 4.69) is 14.5 Å². The highest BCUT2D eigenvalue weighted by Gasteiger charge is 2.22. The molecule has 2 atom stereocenters. The van der Waals surface area contributed by atoms with E-state index in [1.54, 1.807) is 0 Å². The largest absolute Gasteiger partial charge is 0.363 e. The van der Waals surface area contributed by atoms with Gasteiger partial charge in [0.15, 0.2) is 0 Å². The van der Waals surface area contributed by atoms with Crippen LogP contribution in [-0.4, -0.2) is 24.1 Å². The number of rotatable bonds is 2. The number of nitrogens with zero attached hydrogens (tertiary/aromatic N) is 1. The Morgan fingerprint density at radius 1 is 2.00 bits per heavy atom. The SMILES string of the molecule is CP(=O)(O)OC1CC=NO1. The molecule has 0 aromatic heterocycles. The van der Waals surface area contributed by atoms with Crippen molar-refractivity contribution >= 4 is 13.8 Å². The molecule has 1 aliphatic rings. The first kappa shape index (κ1) is 7.72. The molecule has 10 heavy (non-hydrogen) atoms. The standard InChI is InChI=1S/C4H8NO4P/c1-10(6,7)9-4-2-3-5-8-4/h3-4H,2H2,1H3,(H,6,7). The van der Waals surface area contributed by atoms with Gasteiger partial charge in [-0.3, -0.25) is 9.09 Å². The molecule has 0 aliphatic carbocycles. The smallest absolute Gasteiger partial charge is 0.328 e. The Labute approximate surface area is 58.2 Å². The molecule has 0 saturated carbocycles. The summed E-state index contributed by atoms with van der Waals surface area (Å²) < 4.78 is 15.1. The van der Waals surface area contributed by atoms with Gasteiger partial charge in [0, 0.05) is 6.66 Å². The van der Waals surface area contributed by atoms with Gasteiger partial charge in [0.05, 0.1) is 12.6 Å². The zero-order chi connectivity index (χ0) is 7.61. The van der Waals surface area contributed by atoms with E-state index >= 15 is 0 Å². The summed E-state index contributed by atoms with van der Waals surface area (Å²) in [6.45, 7) is 1.11. The van der Waals surface area contributed by atoms with Gasteiger partial charge >= 0.3 is 7.60 Å². The third kappa shape index (κ3) is 2.47. The van der Waals surface area contributed by atoms with Gasteiger partial charge in [-0.2, -0.15) is 0 Å². The van der Waals surface area contributed by atoms with Gasteiger partial charge in [-0.1, -0.05) is 5.16 Å². The quantitative estimate of drug-likeness (QED) is 0.606. The van der Waals surface area contributed by atoms with Gasteiger partial charge in [0.2, 0.25) is 6.29 Å². The van der Waals surface area contributed by atoms with Crippen molar-refractivity contribution in [2.45, 2.75) is 12.7 Å². The molecule has 0 fully saturated rings. The zero-order valence-corrected chi connectivity index (χ0v) is 6.32. The number of hydrogen-bond donors (Lipinski definition) is 1. The first-order valence-corrected chi connectivity index (χ1v) is 4.77. The van der Waals surface area contributed by atoms with E-state index in [4.69, 9.17) is 4.89 Å². The molecule has 0 bridgehead atoms. The van der Waals surface area contributed by atoms with Crippen LogP contribution in [0.25, 0.3) is 0 Å². The first-order chi connectivity index (χ1) is 4.58. The Morgan fingerprint density at radius 3 is 3.10 bits per heavy atom. The highest BCUT2D eigenvalue weighted by atomic mass is 31.2.